The third-order valence-corrected chi connectivity index (χ3v) is 6.11. The summed E-state index contributed by atoms with van der Waals surface area (Å²) in [7, 11) is 0. The Kier molecular flexibility index (Phi) is 2.88. The summed E-state index contributed by atoms with van der Waals surface area (Å²) >= 11 is 0. The predicted octanol–water partition coefficient (Wildman–Crippen LogP) is 0.175. The Morgan fingerprint density at radius 2 is 2.15 bits per heavy atom. The lowest BCUT2D eigenvalue weighted by molar-refractivity contribution is -0.184. The van der Waals surface area contributed by atoms with Crippen LogP contribution in [-0.4, -0.2) is 48.5 Å². The summed E-state index contributed by atoms with van der Waals surface area (Å²) in [6.45, 7) is 2.10. The second-order valence-electron chi connectivity index (χ2n) is 7.09. The Morgan fingerprint density at radius 3 is 2.80 bits per heavy atom. The van der Waals surface area contributed by atoms with Gasteiger partial charge >= 0.3 is 0 Å². The first-order valence-electron chi connectivity index (χ1n) is 8.01. The summed E-state index contributed by atoms with van der Waals surface area (Å²) in [5.74, 6) is 0.297. The summed E-state index contributed by atoms with van der Waals surface area (Å²) in [6, 6.07) is 0.224. The molecule has 0 bridgehead atoms. The van der Waals surface area contributed by atoms with Crippen LogP contribution >= 0.6 is 0 Å². The lowest BCUT2D eigenvalue weighted by atomic mass is 9.46. The molecule has 1 amide bonds. The SMILES string of the molecule is O=C(NC1C2CCOC2C12CCC2)C1(O)CCCNC1. The van der Waals surface area contributed by atoms with Gasteiger partial charge in [0.25, 0.3) is 5.91 Å². The van der Waals surface area contributed by atoms with E-state index < -0.39 is 5.60 Å². The molecule has 2 heterocycles. The van der Waals surface area contributed by atoms with Gasteiger partial charge in [0.15, 0.2) is 5.60 Å². The van der Waals surface area contributed by atoms with E-state index in [4.69, 9.17) is 4.74 Å². The van der Waals surface area contributed by atoms with Crippen LogP contribution in [0.4, 0.5) is 0 Å². The number of hydrogen-bond donors (Lipinski definition) is 3. The van der Waals surface area contributed by atoms with Crippen molar-refractivity contribution in [1.29, 1.82) is 0 Å². The van der Waals surface area contributed by atoms with Crippen molar-refractivity contribution in [3.63, 3.8) is 0 Å². The van der Waals surface area contributed by atoms with Crippen molar-refractivity contribution in [2.45, 2.75) is 56.3 Å². The first-order chi connectivity index (χ1) is 9.66. The number of ether oxygens (including phenoxy) is 1. The molecule has 4 atom stereocenters. The number of rotatable bonds is 2. The zero-order valence-electron chi connectivity index (χ0n) is 11.9. The molecular weight excluding hydrogens is 256 g/mol. The van der Waals surface area contributed by atoms with Crippen LogP contribution in [0.5, 0.6) is 0 Å². The largest absolute Gasteiger partial charge is 0.379 e. The molecular formula is C15H24N2O3. The van der Waals surface area contributed by atoms with Crippen molar-refractivity contribution in [2.24, 2.45) is 11.3 Å². The van der Waals surface area contributed by atoms with Crippen LogP contribution in [0.15, 0.2) is 0 Å². The number of nitrogens with one attached hydrogen (secondary N) is 2. The van der Waals surface area contributed by atoms with Crippen LogP contribution in [0.1, 0.15) is 38.5 Å². The summed E-state index contributed by atoms with van der Waals surface area (Å²) < 4.78 is 5.87. The standard InChI is InChI=1S/C15H24N2O3/c18-13(15(19)6-2-7-16-9-15)17-11-10-3-8-20-12(10)14(11)4-1-5-14/h10-12,16,19H,1-9H2,(H,17,18). The van der Waals surface area contributed by atoms with Gasteiger partial charge in [0, 0.05) is 30.5 Å². The van der Waals surface area contributed by atoms with Gasteiger partial charge in [-0.05, 0) is 38.6 Å². The van der Waals surface area contributed by atoms with E-state index in [2.05, 4.69) is 10.6 Å². The Balaban J connectivity index is 1.47. The highest BCUT2D eigenvalue weighted by Gasteiger charge is 2.67. The summed E-state index contributed by atoms with van der Waals surface area (Å²) in [5, 5.41) is 16.8. The first kappa shape index (κ1) is 13.0. The van der Waals surface area contributed by atoms with Crippen LogP contribution in [0.3, 0.4) is 0 Å². The van der Waals surface area contributed by atoms with Crippen molar-refractivity contribution >= 4 is 5.91 Å². The van der Waals surface area contributed by atoms with Crippen LogP contribution in [0, 0.1) is 11.3 Å². The molecule has 112 valence electrons. The van der Waals surface area contributed by atoms with Gasteiger partial charge in [-0.2, -0.15) is 0 Å². The number of carbonyl (C=O) groups is 1. The molecule has 5 heteroatoms. The molecule has 4 aliphatic rings. The van der Waals surface area contributed by atoms with Gasteiger partial charge in [-0.25, -0.2) is 0 Å². The number of β-amino-alcohol motifs (C(OH)–C–C–N with tert-alkyl or cyclic N) is 1. The fourth-order valence-corrected chi connectivity index (χ4v) is 4.81. The number of piperidine rings is 1. The quantitative estimate of drug-likeness (QED) is 0.674. The molecule has 2 aliphatic heterocycles. The number of carbonyl (C=O) groups excluding carboxylic acids is 1. The fourth-order valence-electron chi connectivity index (χ4n) is 4.81. The molecule has 0 aromatic rings. The molecule has 2 saturated heterocycles. The Bertz CT molecular complexity index is 415. The van der Waals surface area contributed by atoms with E-state index in [1.807, 2.05) is 0 Å². The smallest absolute Gasteiger partial charge is 0.253 e. The van der Waals surface area contributed by atoms with E-state index in [0.29, 0.717) is 25.0 Å². The van der Waals surface area contributed by atoms with Crippen LogP contribution < -0.4 is 10.6 Å². The van der Waals surface area contributed by atoms with E-state index in [-0.39, 0.29) is 17.4 Å². The van der Waals surface area contributed by atoms with Crippen molar-refractivity contribution in [2.75, 3.05) is 19.7 Å². The van der Waals surface area contributed by atoms with Crippen molar-refractivity contribution in [3.8, 4) is 0 Å². The predicted molar refractivity (Wildman–Crippen MR) is 73.1 cm³/mol. The molecule has 3 N–H and O–H groups in total. The topological polar surface area (TPSA) is 70.6 Å². The minimum absolute atomic E-state index is 0.175. The average Bonchev–Trinajstić information content (AvgIpc) is 2.80. The van der Waals surface area contributed by atoms with Gasteiger partial charge < -0.3 is 20.5 Å². The highest BCUT2D eigenvalue weighted by atomic mass is 16.5. The second-order valence-corrected chi connectivity index (χ2v) is 7.09. The lowest BCUT2D eigenvalue weighted by Crippen LogP contribution is -2.73. The molecule has 2 aliphatic carbocycles. The highest BCUT2D eigenvalue weighted by molar-refractivity contribution is 5.86. The number of amides is 1. The van der Waals surface area contributed by atoms with Crippen LogP contribution in [0.25, 0.3) is 0 Å². The molecule has 0 aromatic heterocycles. The molecule has 1 spiro atoms. The van der Waals surface area contributed by atoms with Crippen LogP contribution in [0.2, 0.25) is 0 Å². The highest BCUT2D eigenvalue weighted by Crippen LogP contribution is 2.62. The van der Waals surface area contributed by atoms with Gasteiger partial charge in [0.05, 0.1) is 6.10 Å². The van der Waals surface area contributed by atoms with Crippen LogP contribution in [-0.2, 0) is 9.53 Å². The second kappa shape index (κ2) is 4.42. The average molecular weight is 280 g/mol. The van der Waals surface area contributed by atoms with Crippen molar-refractivity contribution in [1.82, 2.24) is 10.6 Å². The number of fused-ring (bicyclic) bond motifs is 2. The zero-order chi connectivity index (χ0) is 13.8. The maximum absolute atomic E-state index is 12.5. The first-order valence-corrected chi connectivity index (χ1v) is 8.01. The Hall–Kier alpha value is -0.650. The maximum Gasteiger partial charge on any atom is 0.253 e. The molecule has 20 heavy (non-hydrogen) atoms. The Morgan fingerprint density at radius 1 is 1.30 bits per heavy atom. The van der Waals surface area contributed by atoms with Gasteiger partial charge in [-0.1, -0.05) is 6.42 Å². The van der Waals surface area contributed by atoms with Gasteiger partial charge in [-0.15, -0.1) is 0 Å². The van der Waals surface area contributed by atoms with E-state index >= 15 is 0 Å². The third kappa shape index (κ3) is 1.63. The zero-order valence-corrected chi connectivity index (χ0v) is 11.9. The van der Waals surface area contributed by atoms with E-state index in [0.717, 1.165) is 38.8 Å². The number of aliphatic hydroxyl groups is 1. The van der Waals surface area contributed by atoms with Gasteiger partial charge in [-0.3, -0.25) is 4.79 Å². The van der Waals surface area contributed by atoms with Crippen molar-refractivity contribution < 1.29 is 14.6 Å². The summed E-state index contributed by atoms with van der Waals surface area (Å²) in [5.41, 5.74) is -1.02. The molecule has 0 aromatic carbocycles. The summed E-state index contributed by atoms with van der Waals surface area (Å²) in [4.78, 5) is 12.5. The normalized spacial score (nSPS) is 45.4. The fraction of sp³-hybridized carbons (Fsp3) is 0.933. The molecule has 2 saturated carbocycles. The molecule has 4 rings (SSSR count). The molecule has 0 radical (unpaired) electrons. The minimum Gasteiger partial charge on any atom is -0.379 e. The maximum atomic E-state index is 12.5. The summed E-state index contributed by atoms with van der Waals surface area (Å²) in [6.07, 6.45) is 6.40. The van der Waals surface area contributed by atoms with Crippen molar-refractivity contribution in [3.05, 3.63) is 0 Å². The van der Waals surface area contributed by atoms with E-state index in [1.165, 1.54) is 6.42 Å². The van der Waals surface area contributed by atoms with E-state index in [1.54, 1.807) is 0 Å². The monoisotopic (exact) mass is 280 g/mol. The Labute approximate surface area is 119 Å². The molecule has 4 fully saturated rings. The van der Waals surface area contributed by atoms with Gasteiger partial charge in [0.1, 0.15) is 0 Å². The number of hydrogen-bond acceptors (Lipinski definition) is 4. The third-order valence-electron chi connectivity index (χ3n) is 6.11. The van der Waals surface area contributed by atoms with E-state index in [9.17, 15) is 9.90 Å². The molecule has 5 nitrogen and oxygen atoms in total. The minimum atomic E-state index is -1.21. The lowest BCUT2D eigenvalue weighted by Gasteiger charge is -2.63. The van der Waals surface area contributed by atoms with Gasteiger partial charge in [0.2, 0.25) is 0 Å². The molecule has 4 unspecified atom stereocenters.